The molecule has 0 spiro atoms. The highest BCUT2D eigenvalue weighted by atomic mass is 79.9. The summed E-state index contributed by atoms with van der Waals surface area (Å²) in [5, 5.41) is 19.1. The second kappa shape index (κ2) is 5.79. The summed E-state index contributed by atoms with van der Waals surface area (Å²) in [7, 11) is 0. The summed E-state index contributed by atoms with van der Waals surface area (Å²) in [5.41, 5.74) is 0.122. The summed E-state index contributed by atoms with van der Waals surface area (Å²) >= 11 is 2.94. The van der Waals surface area contributed by atoms with Crippen LogP contribution >= 0.6 is 15.9 Å². The molecule has 0 aliphatic carbocycles. The number of halogens is 2. The lowest BCUT2D eigenvalue weighted by molar-refractivity contribution is 0.0695. The Kier molecular flexibility index (Phi) is 4.10. The third-order valence-electron chi connectivity index (χ3n) is 2.44. The van der Waals surface area contributed by atoms with Crippen molar-refractivity contribution in [1.82, 2.24) is 15.0 Å². The van der Waals surface area contributed by atoms with E-state index in [-0.39, 0.29) is 15.7 Å². The van der Waals surface area contributed by atoms with Crippen LogP contribution in [0, 0.1) is 5.82 Å². The lowest BCUT2D eigenvalue weighted by Gasteiger charge is -2.09. The molecule has 2 N–H and O–H groups in total. The maximum Gasteiger partial charge on any atom is 0.336 e. The molecule has 0 saturated heterocycles. The topological polar surface area (TPSA) is 80.0 Å². The van der Waals surface area contributed by atoms with E-state index in [4.69, 9.17) is 5.11 Å². The first-order chi connectivity index (χ1) is 9.09. The molecule has 1 heterocycles. The van der Waals surface area contributed by atoms with E-state index in [0.717, 1.165) is 0 Å². The lowest BCUT2D eigenvalue weighted by Crippen LogP contribution is -2.12. The molecule has 0 amide bonds. The van der Waals surface area contributed by atoms with Gasteiger partial charge in [-0.05, 0) is 28.1 Å². The number of hydrogen-bond donors (Lipinski definition) is 2. The van der Waals surface area contributed by atoms with Crippen molar-refractivity contribution in [1.29, 1.82) is 0 Å². The number of anilines is 1. The molecule has 19 heavy (non-hydrogen) atoms. The highest BCUT2D eigenvalue weighted by Crippen LogP contribution is 2.26. The van der Waals surface area contributed by atoms with Crippen molar-refractivity contribution >= 4 is 27.6 Å². The van der Waals surface area contributed by atoms with Gasteiger partial charge in [-0.25, -0.2) is 9.18 Å². The fourth-order valence-corrected chi connectivity index (χ4v) is 2.02. The number of carboxylic acids is 1. The van der Waals surface area contributed by atoms with Gasteiger partial charge in [0.25, 0.3) is 0 Å². The number of aromatic carboxylic acids is 1. The molecule has 0 fully saturated rings. The molecule has 0 radical (unpaired) electrons. The number of aromatic nitrogens is 3. The monoisotopic (exact) mass is 328 g/mol. The summed E-state index contributed by atoms with van der Waals surface area (Å²) in [4.78, 5) is 10.8. The third-order valence-corrected chi connectivity index (χ3v) is 3.22. The van der Waals surface area contributed by atoms with Gasteiger partial charge in [0, 0.05) is 12.7 Å². The first-order valence-electron chi connectivity index (χ1n) is 5.39. The molecule has 0 unspecified atom stereocenters. The standard InChI is InChI=1S/C11H10BrFN4O2/c12-9-7(11(18)19)1-2-8(10(9)13)14-3-5-17-6-4-15-16-17/h1-2,4,6,14H,3,5H2,(H,18,19). The molecule has 6 nitrogen and oxygen atoms in total. The van der Waals surface area contributed by atoms with E-state index in [1.165, 1.54) is 12.1 Å². The molecular weight excluding hydrogens is 319 g/mol. The zero-order valence-corrected chi connectivity index (χ0v) is 11.3. The summed E-state index contributed by atoms with van der Waals surface area (Å²) < 4.78 is 15.4. The number of carbonyl (C=O) groups is 1. The average molecular weight is 329 g/mol. The first kappa shape index (κ1) is 13.5. The van der Waals surface area contributed by atoms with Crippen LogP contribution in [-0.4, -0.2) is 32.6 Å². The molecule has 0 aliphatic rings. The van der Waals surface area contributed by atoms with E-state index >= 15 is 0 Å². The summed E-state index contributed by atoms with van der Waals surface area (Å²) in [6, 6.07) is 2.73. The molecule has 2 rings (SSSR count). The smallest absolute Gasteiger partial charge is 0.336 e. The Hall–Kier alpha value is -1.96. The maximum atomic E-state index is 13.9. The minimum Gasteiger partial charge on any atom is -0.478 e. The number of hydrogen-bond acceptors (Lipinski definition) is 4. The Balaban J connectivity index is 2.05. The van der Waals surface area contributed by atoms with E-state index in [2.05, 4.69) is 31.6 Å². The minimum atomic E-state index is -1.18. The number of nitrogens with zero attached hydrogens (tertiary/aromatic N) is 3. The van der Waals surface area contributed by atoms with Crippen molar-refractivity contribution in [3.8, 4) is 0 Å². The van der Waals surface area contributed by atoms with Crippen LogP contribution in [-0.2, 0) is 6.54 Å². The van der Waals surface area contributed by atoms with Crippen LogP contribution in [0.3, 0.4) is 0 Å². The predicted molar refractivity (Wildman–Crippen MR) is 69.6 cm³/mol. The third kappa shape index (κ3) is 3.08. The molecule has 2 aromatic rings. The molecule has 0 saturated carbocycles. The van der Waals surface area contributed by atoms with E-state index in [1.54, 1.807) is 17.1 Å². The Morgan fingerprint density at radius 3 is 2.95 bits per heavy atom. The molecule has 0 aliphatic heterocycles. The largest absolute Gasteiger partial charge is 0.478 e. The number of carboxylic acid groups (broad SMARTS) is 1. The van der Waals surface area contributed by atoms with Crippen molar-refractivity contribution in [2.75, 3.05) is 11.9 Å². The summed E-state index contributed by atoms with van der Waals surface area (Å²) in [5.74, 6) is -1.81. The van der Waals surface area contributed by atoms with Crippen LogP contribution in [0.2, 0.25) is 0 Å². The Morgan fingerprint density at radius 1 is 1.53 bits per heavy atom. The van der Waals surface area contributed by atoms with Gasteiger partial charge in [-0.15, -0.1) is 5.10 Å². The predicted octanol–water partition coefficient (Wildman–Crippen LogP) is 1.99. The number of nitrogens with one attached hydrogen (secondary N) is 1. The molecule has 0 atom stereocenters. The number of rotatable bonds is 5. The van der Waals surface area contributed by atoms with Crippen LogP contribution in [0.1, 0.15) is 10.4 Å². The van der Waals surface area contributed by atoms with Gasteiger partial charge in [0.05, 0.1) is 28.5 Å². The maximum absolute atomic E-state index is 13.9. The van der Waals surface area contributed by atoms with Crippen molar-refractivity contribution in [3.05, 3.63) is 40.4 Å². The van der Waals surface area contributed by atoms with Crippen LogP contribution in [0.15, 0.2) is 29.0 Å². The normalized spacial score (nSPS) is 10.4. The quantitative estimate of drug-likeness (QED) is 0.877. The Labute approximate surface area is 116 Å². The van der Waals surface area contributed by atoms with Crippen molar-refractivity contribution in [2.45, 2.75) is 6.54 Å². The molecule has 8 heteroatoms. The van der Waals surface area contributed by atoms with Gasteiger partial charge in [0.2, 0.25) is 0 Å². The molecular formula is C11H10BrFN4O2. The van der Waals surface area contributed by atoms with Gasteiger partial charge in [-0.1, -0.05) is 5.21 Å². The highest BCUT2D eigenvalue weighted by Gasteiger charge is 2.15. The van der Waals surface area contributed by atoms with Crippen LogP contribution in [0.5, 0.6) is 0 Å². The van der Waals surface area contributed by atoms with E-state index in [9.17, 15) is 9.18 Å². The second-order valence-corrected chi connectivity index (χ2v) is 4.48. The van der Waals surface area contributed by atoms with Gasteiger partial charge in [0.1, 0.15) is 0 Å². The second-order valence-electron chi connectivity index (χ2n) is 3.69. The first-order valence-corrected chi connectivity index (χ1v) is 6.18. The lowest BCUT2D eigenvalue weighted by atomic mass is 10.2. The summed E-state index contributed by atoms with van der Waals surface area (Å²) in [6.45, 7) is 0.969. The zero-order valence-electron chi connectivity index (χ0n) is 9.68. The van der Waals surface area contributed by atoms with Gasteiger partial charge < -0.3 is 10.4 Å². The fourth-order valence-electron chi connectivity index (χ4n) is 1.51. The molecule has 1 aromatic carbocycles. The van der Waals surface area contributed by atoms with E-state index in [1.807, 2.05) is 0 Å². The van der Waals surface area contributed by atoms with Crippen molar-refractivity contribution in [2.24, 2.45) is 0 Å². The van der Waals surface area contributed by atoms with Crippen molar-refractivity contribution in [3.63, 3.8) is 0 Å². The Bertz CT molecular complexity index is 589. The van der Waals surface area contributed by atoms with E-state index < -0.39 is 11.8 Å². The molecule has 100 valence electrons. The molecule has 0 bridgehead atoms. The minimum absolute atomic E-state index is 0.0641. The van der Waals surface area contributed by atoms with Gasteiger partial charge in [-0.2, -0.15) is 0 Å². The zero-order chi connectivity index (χ0) is 13.8. The van der Waals surface area contributed by atoms with Gasteiger partial charge in [0.15, 0.2) is 5.82 Å². The van der Waals surface area contributed by atoms with Crippen LogP contribution < -0.4 is 5.32 Å². The highest BCUT2D eigenvalue weighted by molar-refractivity contribution is 9.10. The van der Waals surface area contributed by atoms with Crippen LogP contribution in [0.4, 0.5) is 10.1 Å². The molecule has 1 aromatic heterocycles. The summed E-state index contributed by atoms with van der Waals surface area (Å²) in [6.07, 6.45) is 3.25. The average Bonchev–Trinajstić information content (AvgIpc) is 2.87. The van der Waals surface area contributed by atoms with E-state index in [0.29, 0.717) is 13.1 Å². The fraction of sp³-hybridized carbons (Fsp3) is 0.182. The van der Waals surface area contributed by atoms with Gasteiger partial charge in [-0.3, -0.25) is 4.68 Å². The SMILES string of the molecule is O=C(O)c1ccc(NCCn2ccnn2)c(F)c1Br. The van der Waals surface area contributed by atoms with Crippen LogP contribution in [0.25, 0.3) is 0 Å². The van der Waals surface area contributed by atoms with Gasteiger partial charge >= 0.3 is 5.97 Å². The number of benzene rings is 1. The Morgan fingerprint density at radius 2 is 2.32 bits per heavy atom. The van der Waals surface area contributed by atoms with Crippen molar-refractivity contribution < 1.29 is 14.3 Å².